The van der Waals surface area contributed by atoms with Gasteiger partial charge in [0.05, 0.1) is 10.2 Å². The number of nitrogens with one attached hydrogen (secondary N) is 2. The van der Waals surface area contributed by atoms with Crippen molar-refractivity contribution in [1.82, 2.24) is 4.72 Å². The average molecular weight is 339 g/mol. The maximum Gasteiger partial charge on any atom is 0.299 e. The van der Waals surface area contributed by atoms with Gasteiger partial charge in [-0.15, -0.1) is 0 Å². The topological polar surface area (TPSA) is 58.2 Å². The number of aryl methyl sites for hydroxylation is 1. The Hall–Kier alpha value is -0.660. The highest BCUT2D eigenvalue weighted by Gasteiger charge is 2.20. The van der Waals surface area contributed by atoms with Crippen LogP contribution in [0.2, 0.25) is 0 Å². The van der Waals surface area contributed by atoms with E-state index in [1.807, 2.05) is 0 Å². The summed E-state index contributed by atoms with van der Waals surface area (Å²) in [6, 6.07) is 2.66. The maximum absolute atomic E-state index is 13.4. The summed E-state index contributed by atoms with van der Waals surface area (Å²) in [7, 11) is -3.73. The van der Waals surface area contributed by atoms with Crippen molar-refractivity contribution in [2.24, 2.45) is 0 Å². The molecular formula is C11H16BrFN2O2S. The highest BCUT2D eigenvalue weighted by atomic mass is 79.9. The summed E-state index contributed by atoms with van der Waals surface area (Å²) >= 11 is 3.04. The first-order valence-electron chi connectivity index (χ1n) is 5.27. The molecule has 0 spiro atoms. The van der Waals surface area contributed by atoms with Gasteiger partial charge in [0.25, 0.3) is 10.2 Å². The van der Waals surface area contributed by atoms with Crippen molar-refractivity contribution in [3.05, 3.63) is 28.0 Å². The van der Waals surface area contributed by atoms with Crippen LogP contribution in [-0.2, 0) is 10.2 Å². The van der Waals surface area contributed by atoms with Crippen LogP contribution in [0, 0.1) is 12.7 Å². The zero-order chi connectivity index (χ0) is 14.1. The fourth-order valence-corrected chi connectivity index (χ4v) is 3.15. The zero-order valence-electron chi connectivity index (χ0n) is 10.6. The zero-order valence-corrected chi connectivity index (χ0v) is 13.0. The van der Waals surface area contributed by atoms with E-state index in [-0.39, 0.29) is 5.69 Å². The minimum atomic E-state index is -3.73. The summed E-state index contributed by atoms with van der Waals surface area (Å²) in [5.74, 6) is -0.519. The second kappa shape index (κ2) is 5.14. The molecule has 7 heteroatoms. The standard InChI is InChI=1S/C11H16BrFN2O2S/c1-7-5-8(12)9(13)6-10(7)14-18(16,17)15-11(2,3)4/h5-6,14-15H,1-4H3. The third-order valence-corrected chi connectivity index (χ3v) is 3.93. The van der Waals surface area contributed by atoms with Gasteiger partial charge < -0.3 is 0 Å². The fraction of sp³-hybridized carbons (Fsp3) is 0.455. The van der Waals surface area contributed by atoms with Crippen LogP contribution in [-0.4, -0.2) is 14.0 Å². The molecule has 102 valence electrons. The lowest BCUT2D eigenvalue weighted by molar-refractivity contribution is 0.494. The van der Waals surface area contributed by atoms with E-state index in [0.717, 1.165) is 6.07 Å². The predicted octanol–water partition coefficient (Wildman–Crippen LogP) is 2.94. The lowest BCUT2D eigenvalue weighted by Crippen LogP contribution is -2.43. The van der Waals surface area contributed by atoms with E-state index in [1.54, 1.807) is 27.7 Å². The predicted molar refractivity (Wildman–Crippen MR) is 74.3 cm³/mol. The summed E-state index contributed by atoms with van der Waals surface area (Å²) in [5, 5.41) is 0. The molecule has 0 saturated carbocycles. The second-order valence-electron chi connectivity index (χ2n) is 5.04. The lowest BCUT2D eigenvalue weighted by Gasteiger charge is -2.21. The van der Waals surface area contributed by atoms with Crippen LogP contribution < -0.4 is 9.44 Å². The Morgan fingerprint density at radius 1 is 1.28 bits per heavy atom. The van der Waals surface area contributed by atoms with Gasteiger partial charge in [0.2, 0.25) is 0 Å². The van der Waals surface area contributed by atoms with Crippen molar-refractivity contribution in [1.29, 1.82) is 0 Å². The molecule has 0 radical (unpaired) electrons. The van der Waals surface area contributed by atoms with Gasteiger partial charge in [0.1, 0.15) is 5.82 Å². The van der Waals surface area contributed by atoms with E-state index < -0.39 is 21.6 Å². The van der Waals surface area contributed by atoms with E-state index in [9.17, 15) is 12.8 Å². The number of halogens is 2. The van der Waals surface area contributed by atoms with Gasteiger partial charge in [-0.2, -0.15) is 13.1 Å². The Morgan fingerprint density at radius 3 is 2.33 bits per heavy atom. The summed E-state index contributed by atoms with van der Waals surface area (Å²) in [6.45, 7) is 6.86. The molecule has 0 aromatic heterocycles. The van der Waals surface area contributed by atoms with Crippen LogP contribution >= 0.6 is 15.9 Å². The summed E-state index contributed by atoms with van der Waals surface area (Å²) in [5.41, 5.74) is 0.239. The molecule has 0 bridgehead atoms. The third-order valence-electron chi connectivity index (χ3n) is 1.95. The summed E-state index contributed by atoms with van der Waals surface area (Å²) < 4.78 is 42.0. The monoisotopic (exact) mass is 338 g/mol. The van der Waals surface area contributed by atoms with Gasteiger partial charge >= 0.3 is 0 Å². The highest BCUT2D eigenvalue weighted by molar-refractivity contribution is 9.10. The molecule has 0 fully saturated rings. The number of rotatable bonds is 3. The van der Waals surface area contributed by atoms with Crippen molar-refractivity contribution in [3.63, 3.8) is 0 Å². The van der Waals surface area contributed by atoms with E-state index >= 15 is 0 Å². The normalized spacial score (nSPS) is 12.6. The molecule has 1 rings (SSSR count). The molecule has 4 nitrogen and oxygen atoms in total. The quantitative estimate of drug-likeness (QED) is 0.890. The maximum atomic E-state index is 13.4. The molecule has 0 saturated heterocycles. The van der Waals surface area contributed by atoms with Gasteiger partial charge in [0.15, 0.2) is 0 Å². The Labute approximate surface area is 115 Å². The van der Waals surface area contributed by atoms with Crippen molar-refractivity contribution in [2.45, 2.75) is 33.2 Å². The summed E-state index contributed by atoms with van der Waals surface area (Å²) in [4.78, 5) is 0. The van der Waals surface area contributed by atoms with Crippen molar-refractivity contribution in [3.8, 4) is 0 Å². The molecule has 0 amide bonds. The first-order valence-corrected chi connectivity index (χ1v) is 7.55. The van der Waals surface area contributed by atoms with Gasteiger partial charge in [-0.25, -0.2) is 4.39 Å². The van der Waals surface area contributed by atoms with Crippen LogP contribution in [0.25, 0.3) is 0 Å². The molecule has 18 heavy (non-hydrogen) atoms. The minimum absolute atomic E-state index is 0.215. The van der Waals surface area contributed by atoms with Crippen LogP contribution in [0.4, 0.5) is 10.1 Å². The lowest BCUT2D eigenvalue weighted by atomic mass is 10.1. The Kier molecular flexibility index (Phi) is 4.40. The van der Waals surface area contributed by atoms with Crippen LogP contribution in [0.3, 0.4) is 0 Å². The van der Waals surface area contributed by atoms with E-state index in [4.69, 9.17) is 0 Å². The first kappa shape index (κ1) is 15.4. The minimum Gasteiger partial charge on any atom is -0.271 e. The van der Waals surface area contributed by atoms with E-state index in [0.29, 0.717) is 10.0 Å². The largest absolute Gasteiger partial charge is 0.299 e. The van der Waals surface area contributed by atoms with E-state index in [2.05, 4.69) is 25.4 Å². The average Bonchev–Trinajstić information content (AvgIpc) is 2.09. The van der Waals surface area contributed by atoms with Crippen molar-refractivity contribution < 1.29 is 12.8 Å². The molecule has 0 aliphatic rings. The molecule has 0 aliphatic heterocycles. The molecule has 0 aliphatic carbocycles. The van der Waals surface area contributed by atoms with Gasteiger partial charge in [-0.05, 0) is 61.3 Å². The van der Waals surface area contributed by atoms with Crippen LogP contribution in [0.5, 0.6) is 0 Å². The van der Waals surface area contributed by atoms with Crippen LogP contribution in [0.1, 0.15) is 26.3 Å². The third kappa shape index (κ3) is 4.55. The first-order chi connectivity index (χ1) is 8.00. The molecule has 1 aromatic rings. The molecular weight excluding hydrogens is 323 g/mol. The van der Waals surface area contributed by atoms with Gasteiger partial charge in [0, 0.05) is 5.54 Å². The van der Waals surface area contributed by atoms with E-state index in [1.165, 1.54) is 6.07 Å². The molecule has 0 unspecified atom stereocenters. The van der Waals surface area contributed by atoms with Crippen molar-refractivity contribution >= 4 is 31.8 Å². The van der Waals surface area contributed by atoms with Crippen molar-refractivity contribution in [2.75, 3.05) is 4.72 Å². The van der Waals surface area contributed by atoms with Gasteiger partial charge in [-0.3, -0.25) is 4.72 Å². The smallest absolute Gasteiger partial charge is 0.271 e. The van der Waals surface area contributed by atoms with Gasteiger partial charge in [-0.1, -0.05) is 0 Å². The Bertz CT molecular complexity index is 553. The number of hydrogen-bond donors (Lipinski definition) is 2. The SMILES string of the molecule is Cc1cc(Br)c(F)cc1NS(=O)(=O)NC(C)(C)C. The Balaban J connectivity index is 3.02. The second-order valence-corrected chi connectivity index (χ2v) is 7.31. The highest BCUT2D eigenvalue weighted by Crippen LogP contribution is 2.24. The fourth-order valence-electron chi connectivity index (χ4n) is 1.33. The number of anilines is 1. The summed E-state index contributed by atoms with van der Waals surface area (Å²) in [6.07, 6.45) is 0. The molecule has 2 N–H and O–H groups in total. The van der Waals surface area contributed by atoms with Crippen LogP contribution in [0.15, 0.2) is 16.6 Å². The number of hydrogen-bond acceptors (Lipinski definition) is 2. The molecule has 1 aromatic carbocycles. The number of benzene rings is 1. The molecule has 0 heterocycles. The molecule has 0 atom stereocenters. The Morgan fingerprint density at radius 2 is 1.83 bits per heavy atom.